The van der Waals surface area contributed by atoms with Crippen molar-refractivity contribution in [3.05, 3.63) is 270 Å². The minimum Gasteiger partial charge on any atom is -0.464 e. The standard InChI is InChI=1S/C20H24N6O2.C19H20N6O3.C17H17BrN6O.C8H12BrN3.C6H5BrN2.C4H2Br2N2/c1-4-25(12-9-15-13-22-18(14-21-15)20(2,3)28)19(27)16-7-5-6-8-17(16)26-23-10-11-24-26;1-3-24(11-8-14-12-21-16(13-20-14)19(27)28-2)18(26)15-6-4-5-7-17(15)25-22-9-10-23-25;1-2-23(10-7-13-11-20-16(18)12-19-13)17(25)14-5-3-4-6-15(14)24-21-8-9-22-24;1-2-10-4-3-7-5-12-8(9)6-11-7;1-2-5-3-9-6(7)4-8-5;5-3-1-7-4(6)2-8-3/h5-8,10-11,13-14,28H,4,9,12H2,1-3H3;4-7,9-10,12-13H,3,8,11H2,1-2H3;3-6,8-9,11-12H,2,7,10H2,1H3;5-6,10H,2-4H2,1H3;2-4H,1H2;1-2H. The van der Waals surface area contributed by atoms with Gasteiger partial charge in [0.2, 0.25) is 0 Å². The lowest BCUT2D eigenvalue weighted by Crippen LogP contribution is -2.33. The Hall–Kier alpha value is -10.5. The van der Waals surface area contributed by atoms with E-state index in [9.17, 15) is 24.3 Å². The van der Waals surface area contributed by atoms with Crippen LogP contribution in [0.1, 0.15) is 117 Å². The number of hydrogen-bond acceptors (Lipinski definition) is 25. The highest BCUT2D eigenvalue weighted by atomic mass is 79.9. The van der Waals surface area contributed by atoms with Crippen molar-refractivity contribution in [3.8, 4) is 17.1 Å². The number of carbonyl (C=O) groups excluding carboxylic acids is 4. The molecule has 0 bridgehead atoms. The molecule has 0 fully saturated rings. The van der Waals surface area contributed by atoms with Crippen LogP contribution in [0, 0.1) is 0 Å². The zero-order valence-electron chi connectivity index (χ0n) is 61.2. The summed E-state index contributed by atoms with van der Waals surface area (Å²) in [7, 11) is 1.29. The van der Waals surface area contributed by atoms with Gasteiger partial charge in [-0.25, -0.2) is 34.7 Å². The fraction of sp³-hybridized carbons (Fsp3) is 0.270. The molecule has 0 atom stereocenters. The molecule has 110 heavy (non-hydrogen) atoms. The second-order valence-electron chi connectivity index (χ2n) is 23.1. The number of aromatic nitrogens is 21. The van der Waals surface area contributed by atoms with Crippen molar-refractivity contribution < 1.29 is 29.0 Å². The summed E-state index contributed by atoms with van der Waals surface area (Å²) in [5, 5.41) is 38.0. The van der Waals surface area contributed by atoms with Crippen LogP contribution in [0.3, 0.4) is 0 Å². The van der Waals surface area contributed by atoms with Crippen LogP contribution in [0.5, 0.6) is 0 Å². The monoisotopic (exact) mass is 1810 g/mol. The van der Waals surface area contributed by atoms with Gasteiger partial charge in [-0.3, -0.25) is 44.3 Å². The molecule has 0 aliphatic rings. The van der Waals surface area contributed by atoms with E-state index in [1.54, 1.807) is 158 Å². The third kappa shape index (κ3) is 28.2. The molecule has 0 unspecified atom stereocenters. The number of methoxy groups -OCH3 is 1. The molecule has 572 valence electrons. The van der Waals surface area contributed by atoms with Gasteiger partial charge in [-0.15, -0.1) is 0 Å². The summed E-state index contributed by atoms with van der Waals surface area (Å²) < 4.78 is 8.33. The number of halogens is 5. The Morgan fingerprint density at radius 2 is 0.773 bits per heavy atom. The van der Waals surface area contributed by atoms with Crippen molar-refractivity contribution in [3.63, 3.8) is 0 Å². The third-order valence-corrected chi connectivity index (χ3v) is 17.3. The molecular weight excluding hydrogens is 1730 g/mol. The lowest BCUT2D eigenvalue weighted by Gasteiger charge is -2.22. The lowest BCUT2D eigenvalue weighted by molar-refractivity contribution is 0.0592. The molecule has 3 amide bonds. The van der Waals surface area contributed by atoms with Crippen molar-refractivity contribution in [2.75, 3.05) is 59.5 Å². The maximum absolute atomic E-state index is 13.1. The molecule has 0 saturated heterocycles. The van der Waals surface area contributed by atoms with Crippen molar-refractivity contribution in [2.45, 2.75) is 72.8 Å². The van der Waals surface area contributed by atoms with Crippen molar-refractivity contribution >= 4 is 109 Å². The van der Waals surface area contributed by atoms with E-state index >= 15 is 0 Å². The number of ether oxygens (including phenoxy) is 1. The molecule has 9 aromatic heterocycles. The van der Waals surface area contributed by atoms with Crippen molar-refractivity contribution in [1.82, 2.24) is 125 Å². The van der Waals surface area contributed by atoms with Crippen molar-refractivity contribution in [1.29, 1.82) is 0 Å². The van der Waals surface area contributed by atoms with Gasteiger partial charge in [0, 0.05) is 96.3 Å². The Kier molecular flexibility index (Phi) is 36.4. The minimum absolute atomic E-state index is 0.0551. The normalized spacial score (nSPS) is 10.5. The number of nitrogens with zero attached hydrogens (tertiary/aromatic N) is 24. The largest absolute Gasteiger partial charge is 0.464 e. The minimum atomic E-state index is -1.03. The lowest BCUT2D eigenvalue weighted by atomic mass is 10.1. The third-order valence-electron chi connectivity index (χ3n) is 15.3. The number of hydrogen-bond donors (Lipinski definition) is 2. The second kappa shape index (κ2) is 46.1. The molecule has 12 rings (SSSR count). The van der Waals surface area contributed by atoms with E-state index in [-0.39, 0.29) is 23.4 Å². The number of aliphatic hydroxyl groups is 1. The summed E-state index contributed by atoms with van der Waals surface area (Å²) in [4.78, 5) is 109. The summed E-state index contributed by atoms with van der Waals surface area (Å²) in [5.74, 6) is -0.792. The van der Waals surface area contributed by atoms with Gasteiger partial charge in [0.15, 0.2) is 5.69 Å². The molecule has 9 heterocycles. The molecule has 31 nitrogen and oxygen atoms in total. The molecule has 2 N–H and O–H groups in total. The van der Waals surface area contributed by atoms with Gasteiger partial charge >= 0.3 is 5.97 Å². The molecular formula is C74H80Br5N25O6. The predicted octanol–water partition coefficient (Wildman–Crippen LogP) is 11.3. The average Bonchev–Trinajstić information content (AvgIpc) is 1.43. The topological polar surface area (TPSA) is 366 Å². The van der Waals surface area contributed by atoms with Crippen LogP contribution in [0.2, 0.25) is 0 Å². The summed E-state index contributed by atoms with van der Waals surface area (Å²) in [5.41, 5.74) is 7.31. The first-order valence-electron chi connectivity index (χ1n) is 34.2. The van der Waals surface area contributed by atoms with Gasteiger partial charge in [-0.05, 0) is 163 Å². The van der Waals surface area contributed by atoms with Gasteiger partial charge in [-0.2, -0.15) is 45.0 Å². The van der Waals surface area contributed by atoms with E-state index in [2.05, 4.69) is 194 Å². The fourth-order valence-corrected chi connectivity index (χ4v) is 10.5. The fourth-order valence-electron chi connectivity index (χ4n) is 9.52. The number of esters is 1. The smallest absolute Gasteiger partial charge is 0.358 e. The molecule has 0 spiro atoms. The first-order valence-corrected chi connectivity index (χ1v) is 38.2. The van der Waals surface area contributed by atoms with Gasteiger partial charge < -0.3 is 29.9 Å². The number of rotatable bonds is 25. The van der Waals surface area contributed by atoms with Gasteiger partial charge in [-0.1, -0.05) is 49.9 Å². The Labute approximate surface area is 678 Å². The van der Waals surface area contributed by atoms with Gasteiger partial charge in [0.05, 0.1) is 162 Å². The maximum Gasteiger partial charge on any atom is 0.358 e. The SMILES string of the molecule is Brc1cnc(Br)cn1.C=Cc1cnc(Br)cn1.CCN(CCc1cnc(Br)cn1)C(=O)c1ccccc1-n1nccn1.CCN(CCc1cnc(C(=O)OC)cn1)C(=O)c1ccccc1-n1nccn1.CCN(CCc1cnc(C(C)(C)O)cn1)C(=O)c1ccccc1-n1nccn1.CCNCCc1cnc(Br)cn1. The zero-order chi connectivity index (χ0) is 79.2. The van der Waals surface area contributed by atoms with Crippen LogP contribution in [0.15, 0.2) is 214 Å². The molecule has 12 aromatic rings. The number of likely N-dealkylation sites (N-methyl/N-ethyl adjacent to an activating group) is 4. The van der Waals surface area contributed by atoms with Crippen molar-refractivity contribution in [2.24, 2.45) is 0 Å². The summed E-state index contributed by atoms with van der Waals surface area (Å²) in [6.45, 7) is 20.0. The van der Waals surface area contributed by atoms with Crippen LogP contribution in [0.25, 0.3) is 23.1 Å². The molecule has 0 aliphatic carbocycles. The second-order valence-corrected chi connectivity index (χ2v) is 27.2. The van der Waals surface area contributed by atoms with E-state index in [0.29, 0.717) is 108 Å². The number of carbonyl (C=O) groups is 4. The van der Waals surface area contributed by atoms with Gasteiger partial charge in [0.25, 0.3) is 17.7 Å². The molecule has 0 saturated carbocycles. The number of nitrogens with one attached hydrogen (secondary N) is 1. The summed E-state index contributed by atoms with van der Waals surface area (Å²) in [6.07, 6.45) is 33.3. The summed E-state index contributed by atoms with van der Waals surface area (Å²) >= 11 is 16.0. The first-order chi connectivity index (χ1) is 53.2. The Balaban J connectivity index is 0.000000194. The Morgan fingerprint density at radius 3 is 1.06 bits per heavy atom. The van der Waals surface area contributed by atoms with Crippen LogP contribution in [0.4, 0.5) is 0 Å². The van der Waals surface area contributed by atoms with Crippen LogP contribution < -0.4 is 5.32 Å². The number of benzene rings is 3. The zero-order valence-corrected chi connectivity index (χ0v) is 69.1. The van der Waals surface area contributed by atoms with Gasteiger partial charge in [0.1, 0.15) is 28.6 Å². The predicted molar refractivity (Wildman–Crippen MR) is 430 cm³/mol. The Morgan fingerprint density at radius 1 is 0.445 bits per heavy atom. The highest BCUT2D eigenvalue weighted by molar-refractivity contribution is 9.11. The molecule has 36 heteroatoms. The molecule has 3 aromatic carbocycles. The first kappa shape index (κ1) is 86.7. The highest BCUT2D eigenvalue weighted by Crippen LogP contribution is 2.21. The molecule has 0 radical (unpaired) electrons. The number of para-hydroxylation sites is 3. The average molecular weight is 1820 g/mol. The van der Waals surface area contributed by atoms with E-state index < -0.39 is 11.6 Å². The van der Waals surface area contributed by atoms with E-state index in [4.69, 9.17) is 0 Å². The quantitative estimate of drug-likeness (QED) is 0.0396. The van der Waals surface area contributed by atoms with Crippen LogP contribution in [-0.2, 0) is 36.0 Å². The van der Waals surface area contributed by atoms with E-state index in [0.717, 1.165) is 60.7 Å². The highest BCUT2D eigenvalue weighted by Gasteiger charge is 2.24. The van der Waals surface area contributed by atoms with E-state index in [1.165, 1.54) is 33.9 Å². The summed E-state index contributed by atoms with van der Waals surface area (Å²) in [6, 6.07) is 21.8. The van der Waals surface area contributed by atoms with E-state index in [1.807, 2.05) is 69.3 Å². The van der Waals surface area contributed by atoms with Crippen LogP contribution in [-0.4, -0.2) is 208 Å². The Bertz CT molecular complexity index is 4710. The van der Waals surface area contributed by atoms with Crippen LogP contribution >= 0.6 is 79.6 Å². The molecule has 0 aliphatic heterocycles. The number of amides is 3. The maximum atomic E-state index is 13.1.